The van der Waals surface area contributed by atoms with Gasteiger partial charge in [0.15, 0.2) is 8.07 Å². The van der Waals surface area contributed by atoms with Crippen LogP contribution >= 0.6 is 0 Å². The standard InChI is InChI=1S/C32H24N4Si/c1-3-11-25(12-4-1)37(26-13-5-2-6-14-26,31-23-33-21-17-27(31)29-15-7-9-19-35-29)32-24-34-22-18-28(32)30-16-8-10-20-36-30/h1-24H. The second-order valence-electron chi connectivity index (χ2n) is 8.75. The van der Waals surface area contributed by atoms with Crippen LogP contribution in [0.5, 0.6) is 0 Å². The van der Waals surface area contributed by atoms with Crippen molar-refractivity contribution in [3.8, 4) is 22.5 Å². The van der Waals surface area contributed by atoms with E-state index in [2.05, 4.69) is 94.9 Å². The number of nitrogens with zero attached hydrogens (tertiary/aromatic N) is 4. The number of hydrogen-bond acceptors (Lipinski definition) is 4. The first kappa shape index (κ1) is 22.7. The van der Waals surface area contributed by atoms with Crippen molar-refractivity contribution in [2.24, 2.45) is 0 Å². The number of hydrogen-bond donors (Lipinski definition) is 0. The fraction of sp³-hybridized carbons (Fsp3) is 0. The second kappa shape index (κ2) is 10.1. The van der Waals surface area contributed by atoms with Gasteiger partial charge in [-0.15, -0.1) is 0 Å². The van der Waals surface area contributed by atoms with Crippen LogP contribution in [0.15, 0.2) is 146 Å². The topological polar surface area (TPSA) is 51.6 Å². The number of benzene rings is 2. The molecule has 0 N–H and O–H groups in total. The summed E-state index contributed by atoms with van der Waals surface area (Å²) in [5, 5.41) is 4.82. The molecule has 6 aromatic rings. The van der Waals surface area contributed by atoms with Crippen molar-refractivity contribution in [3.05, 3.63) is 146 Å². The monoisotopic (exact) mass is 492 g/mol. The zero-order chi connectivity index (χ0) is 24.9. The average Bonchev–Trinajstić information content (AvgIpc) is 3.00. The zero-order valence-electron chi connectivity index (χ0n) is 20.1. The number of pyridine rings is 4. The highest BCUT2D eigenvalue weighted by atomic mass is 28.3. The van der Waals surface area contributed by atoms with Crippen LogP contribution in [-0.2, 0) is 0 Å². The Hall–Kier alpha value is -4.74. The Labute approximate surface area is 217 Å². The Bertz CT molecular complexity index is 1480. The van der Waals surface area contributed by atoms with E-state index < -0.39 is 8.07 Å². The zero-order valence-corrected chi connectivity index (χ0v) is 21.1. The van der Waals surface area contributed by atoms with Crippen molar-refractivity contribution >= 4 is 28.8 Å². The first-order valence-corrected chi connectivity index (χ1v) is 14.2. The Morgan fingerprint density at radius 3 is 1.24 bits per heavy atom. The van der Waals surface area contributed by atoms with Gasteiger partial charge in [-0.3, -0.25) is 19.9 Å². The molecule has 37 heavy (non-hydrogen) atoms. The van der Waals surface area contributed by atoms with E-state index in [1.807, 2.05) is 61.4 Å². The fourth-order valence-electron chi connectivity index (χ4n) is 5.19. The van der Waals surface area contributed by atoms with E-state index in [-0.39, 0.29) is 0 Å². The Balaban J connectivity index is 1.80. The van der Waals surface area contributed by atoms with E-state index in [0.717, 1.165) is 32.9 Å². The lowest BCUT2D eigenvalue weighted by molar-refractivity contribution is 1.29. The SMILES string of the molecule is c1ccc([Si](c2ccccc2)(c2cnccc2-c2ccccn2)c2cnccc2-c2ccccn2)cc1. The summed E-state index contributed by atoms with van der Waals surface area (Å²) in [7, 11) is -2.96. The highest BCUT2D eigenvalue weighted by Gasteiger charge is 2.45. The van der Waals surface area contributed by atoms with Gasteiger partial charge in [0.1, 0.15) is 0 Å². The Kier molecular flexibility index (Phi) is 6.19. The van der Waals surface area contributed by atoms with Gasteiger partial charge in [0.25, 0.3) is 0 Å². The third-order valence-electron chi connectivity index (χ3n) is 6.75. The highest BCUT2D eigenvalue weighted by Crippen LogP contribution is 2.22. The molecule has 4 aromatic heterocycles. The van der Waals surface area contributed by atoms with Crippen LogP contribution in [0, 0.1) is 0 Å². The highest BCUT2D eigenvalue weighted by molar-refractivity contribution is 7.20. The summed E-state index contributed by atoms with van der Waals surface area (Å²) in [4.78, 5) is 18.9. The maximum Gasteiger partial charge on any atom is 0.184 e. The lowest BCUT2D eigenvalue weighted by Crippen LogP contribution is -2.75. The average molecular weight is 493 g/mol. The molecule has 0 saturated heterocycles. The molecule has 0 bridgehead atoms. The van der Waals surface area contributed by atoms with Gasteiger partial charge in [0.2, 0.25) is 0 Å². The van der Waals surface area contributed by atoms with E-state index in [4.69, 9.17) is 9.97 Å². The van der Waals surface area contributed by atoms with Gasteiger partial charge < -0.3 is 0 Å². The van der Waals surface area contributed by atoms with Gasteiger partial charge in [0.05, 0.1) is 11.4 Å². The van der Waals surface area contributed by atoms with Crippen LogP contribution in [0.25, 0.3) is 22.5 Å². The molecule has 5 heteroatoms. The molecule has 0 atom stereocenters. The predicted octanol–water partition coefficient (Wildman–Crippen LogP) is 3.98. The van der Waals surface area contributed by atoms with Gasteiger partial charge in [-0.25, -0.2) is 0 Å². The first-order chi connectivity index (χ1) is 18.4. The third kappa shape index (κ3) is 4.05. The molecule has 0 spiro atoms. The molecule has 0 aliphatic carbocycles. The van der Waals surface area contributed by atoms with E-state index in [1.165, 1.54) is 10.4 Å². The van der Waals surface area contributed by atoms with Crippen LogP contribution in [0.3, 0.4) is 0 Å². The maximum absolute atomic E-state index is 4.75. The van der Waals surface area contributed by atoms with E-state index in [1.54, 1.807) is 0 Å². The molecular formula is C32H24N4Si. The van der Waals surface area contributed by atoms with Crippen molar-refractivity contribution in [1.82, 2.24) is 19.9 Å². The normalized spacial score (nSPS) is 11.2. The van der Waals surface area contributed by atoms with Gasteiger partial charge in [-0.1, -0.05) is 72.8 Å². The summed E-state index contributed by atoms with van der Waals surface area (Å²) in [6.07, 6.45) is 11.5. The van der Waals surface area contributed by atoms with Crippen molar-refractivity contribution in [3.63, 3.8) is 0 Å². The smallest absolute Gasteiger partial charge is 0.184 e. The van der Waals surface area contributed by atoms with Crippen molar-refractivity contribution in [1.29, 1.82) is 0 Å². The third-order valence-corrected chi connectivity index (χ3v) is 11.6. The quantitative estimate of drug-likeness (QED) is 0.330. The summed E-state index contributed by atoms with van der Waals surface area (Å²) in [6.45, 7) is 0. The fourth-order valence-corrected chi connectivity index (χ4v) is 10.2. The van der Waals surface area contributed by atoms with Crippen molar-refractivity contribution in [2.75, 3.05) is 0 Å². The molecule has 0 aliphatic rings. The summed E-state index contributed by atoms with van der Waals surface area (Å²) < 4.78 is 0. The maximum atomic E-state index is 4.75. The van der Waals surface area contributed by atoms with Gasteiger partial charge in [0, 0.05) is 48.3 Å². The minimum Gasteiger partial charge on any atom is -0.265 e. The van der Waals surface area contributed by atoms with Gasteiger partial charge in [-0.05, 0) is 57.1 Å². The van der Waals surface area contributed by atoms with Crippen LogP contribution in [0.2, 0.25) is 0 Å². The van der Waals surface area contributed by atoms with E-state index in [0.29, 0.717) is 0 Å². The van der Waals surface area contributed by atoms with Crippen LogP contribution in [0.1, 0.15) is 0 Å². The molecule has 0 unspecified atom stereocenters. The number of aromatic nitrogens is 4. The number of rotatable bonds is 6. The van der Waals surface area contributed by atoms with E-state index in [9.17, 15) is 0 Å². The summed E-state index contributed by atoms with van der Waals surface area (Å²) >= 11 is 0. The van der Waals surface area contributed by atoms with E-state index >= 15 is 0 Å². The molecular weight excluding hydrogens is 468 g/mol. The molecule has 0 amide bonds. The largest absolute Gasteiger partial charge is 0.265 e. The molecule has 0 fully saturated rings. The Morgan fingerprint density at radius 2 is 0.838 bits per heavy atom. The van der Waals surface area contributed by atoms with Gasteiger partial charge >= 0.3 is 0 Å². The summed E-state index contributed by atoms with van der Waals surface area (Å²) in [5.41, 5.74) is 4.00. The molecule has 0 saturated carbocycles. The molecule has 176 valence electrons. The lowest BCUT2D eigenvalue weighted by atomic mass is 10.2. The van der Waals surface area contributed by atoms with Crippen LogP contribution < -0.4 is 20.7 Å². The predicted molar refractivity (Wildman–Crippen MR) is 152 cm³/mol. The molecule has 2 aromatic carbocycles. The van der Waals surface area contributed by atoms with Crippen molar-refractivity contribution < 1.29 is 0 Å². The summed E-state index contributed by atoms with van der Waals surface area (Å²) in [5.74, 6) is 0. The molecule has 6 rings (SSSR count). The Morgan fingerprint density at radius 1 is 0.405 bits per heavy atom. The molecule has 0 aliphatic heterocycles. The molecule has 4 nitrogen and oxygen atoms in total. The summed E-state index contributed by atoms with van der Waals surface area (Å²) in [6, 6.07) is 37.8. The van der Waals surface area contributed by atoms with Crippen LogP contribution in [-0.4, -0.2) is 28.0 Å². The second-order valence-corrected chi connectivity index (χ2v) is 12.5. The minimum absolute atomic E-state index is 0.923. The van der Waals surface area contributed by atoms with Crippen LogP contribution in [0.4, 0.5) is 0 Å². The van der Waals surface area contributed by atoms with Crippen molar-refractivity contribution in [2.45, 2.75) is 0 Å². The minimum atomic E-state index is -2.96. The molecule has 0 radical (unpaired) electrons. The molecule has 4 heterocycles. The van der Waals surface area contributed by atoms with Gasteiger partial charge in [-0.2, -0.15) is 0 Å². The first-order valence-electron chi connectivity index (χ1n) is 12.2. The lowest BCUT2D eigenvalue weighted by Gasteiger charge is -2.36.